The smallest absolute Gasteiger partial charge is 0.338 e. The summed E-state index contributed by atoms with van der Waals surface area (Å²) in [6, 6.07) is 20.8. The van der Waals surface area contributed by atoms with Crippen LogP contribution in [0, 0.1) is 6.92 Å². The minimum atomic E-state index is -0.597. The van der Waals surface area contributed by atoms with E-state index in [2.05, 4.69) is 5.32 Å². The van der Waals surface area contributed by atoms with Gasteiger partial charge in [-0.3, -0.25) is 4.79 Å². The molecule has 8 nitrogen and oxygen atoms in total. The van der Waals surface area contributed by atoms with Crippen LogP contribution in [0.15, 0.2) is 82.0 Å². The van der Waals surface area contributed by atoms with Crippen molar-refractivity contribution < 1.29 is 23.5 Å². The van der Waals surface area contributed by atoms with Crippen molar-refractivity contribution in [1.29, 1.82) is 0 Å². The van der Waals surface area contributed by atoms with E-state index in [4.69, 9.17) is 13.9 Å². The first kappa shape index (κ1) is 24.5. The van der Waals surface area contributed by atoms with E-state index in [0.29, 0.717) is 22.6 Å². The lowest BCUT2D eigenvalue weighted by atomic mass is 10.1. The number of anilines is 2. The van der Waals surface area contributed by atoms with Crippen molar-refractivity contribution >= 4 is 34.2 Å². The summed E-state index contributed by atoms with van der Waals surface area (Å²) in [5, 5.41) is 3.55. The Balaban J connectivity index is 1.28. The third kappa shape index (κ3) is 6.09. The lowest BCUT2D eigenvalue weighted by Crippen LogP contribution is -2.21. The fourth-order valence-electron chi connectivity index (χ4n) is 3.55. The first-order valence-corrected chi connectivity index (χ1v) is 11.3. The fraction of sp³-hybridized carbons (Fsp3) is 0.179. The van der Waals surface area contributed by atoms with Crippen LogP contribution in [0.2, 0.25) is 0 Å². The summed E-state index contributed by atoms with van der Waals surface area (Å²) < 4.78 is 16.2. The van der Waals surface area contributed by atoms with Gasteiger partial charge in [0.1, 0.15) is 17.9 Å². The Morgan fingerprint density at radius 3 is 2.36 bits per heavy atom. The van der Waals surface area contributed by atoms with Crippen LogP contribution in [0.1, 0.15) is 21.5 Å². The van der Waals surface area contributed by atoms with E-state index >= 15 is 0 Å². The number of aryl methyl sites for hydroxylation is 1. The molecule has 8 heteroatoms. The van der Waals surface area contributed by atoms with E-state index in [1.165, 1.54) is 6.07 Å². The van der Waals surface area contributed by atoms with E-state index in [0.717, 1.165) is 22.2 Å². The second-order valence-corrected chi connectivity index (χ2v) is 8.46. The molecule has 3 aromatic carbocycles. The van der Waals surface area contributed by atoms with Crippen molar-refractivity contribution in [3.63, 3.8) is 0 Å². The maximum Gasteiger partial charge on any atom is 0.338 e. The number of ether oxygens (including phenoxy) is 2. The van der Waals surface area contributed by atoms with Gasteiger partial charge < -0.3 is 24.1 Å². The van der Waals surface area contributed by atoms with Gasteiger partial charge in [-0.2, -0.15) is 0 Å². The van der Waals surface area contributed by atoms with Crippen molar-refractivity contribution in [2.24, 2.45) is 0 Å². The Labute approximate surface area is 208 Å². The summed E-state index contributed by atoms with van der Waals surface area (Å²) in [5.74, 6) is -0.463. The SMILES string of the molecule is Cc1cc(=O)oc2cc(OCc3ccc(C(=O)OCC(=O)Nc4ccc(N(C)C)cc4)cc3)ccc12. The number of fused-ring (bicyclic) bond motifs is 1. The fourth-order valence-corrected chi connectivity index (χ4v) is 3.55. The Kier molecular flexibility index (Phi) is 7.34. The van der Waals surface area contributed by atoms with E-state index in [-0.39, 0.29) is 6.61 Å². The molecule has 0 saturated heterocycles. The third-order valence-electron chi connectivity index (χ3n) is 5.52. The van der Waals surface area contributed by atoms with E-state index in [1.807, 2.05) is 50.2 Å². The topological polar surface area (TPSA) is 98.1 Å². The highest BCUT2D eigenvalue weighted by Gasteiger charge is 2.11. The van der Waals surface area contributed by atoms with Crippen LogP contribution in [0.5, 0.6) is 5.75 Å². The number of hydrogen-bond donors (Lipinski definition) is 1. The minimum absolute atomic E-state index is 0.256. The minimum Gasteiger partial charge on any atom is -0.489 e. The summed E-state index contributed by atoms with van der Waals surface area (Å²) in [6.45, 7) is 1.71. The molecule has 0 unspecified atom stereocenters. The van der Waals surface area contributed by atoms with E-state index < -0.39 is 24.1 Å². The molecule has 1 heterocycles. The van der Waals surface area contributed by atoms with Gasteiger partial charge in [0.15, 0.2) is 6.61 Å². The summed E-state index contributed by atoms with van der Waals surface area (Å²) in [5.41, 5.74) is 3.68. The van der Waals surface area contributed by atoms with Crippen LogP contribution in [-0.2, 0) is 16.1 Å². The molecule has 0 aliphatic heterocycles. The van der Waals surface area contributed by atoms with Gasteiger partial charge in [-0.05, 0) is 66.6 Å². The molecule has 1 aromatic heterocycles. The maximum absolute atomic E-state index is 12.3. The molecule has 0 fully saturated rings. The lowest BCUT2D eigenvalue weighted by Gasteiger charge is -2.13. The van der Waals surface area contributed by atoms with Crippen LogP contribution >= 0.6 is 0 Å². The average Bonchev–Trinajstić information content (AvgIpc) is 2.86. The van der Waals surface area contributed by atoms with E-state index in [1.54, 1.807) is 42.5 Å². The van der Waals surface area contributed by atoms with Crippen LogP contribution in [0.4, 0.5) is 11.4 Å². The molecular weight excluding hydrogens is 460 g/mol. The second-order valence-electron chi connectivity index (χ2n) is 8.46. The molecule has 0 spiro atoms. The number of amides is 1. The van der Waals surface area contributed by atoms with Gasteiger partial charge in [-0.15, -0.1) is 0 Å². The molecule has 1 amide bonds. The molecular formula is C28H26N2O6. The molecule has 0 atom stereocenters. The quantitative estimate of drug-likeness (QED) is 0.288. The maximum atomic E-state index is 12.3. The molecule has 0 aliphatic rings. The summed E-state index contributed by atoms with van der Waals surface area (Å²) >= 11 is 0. The molecule has 4 rings (SSSR count). The Bertz CT molecular complexity index is 1440. The Morgan fingerprint density at radius 2 is 1.67 bits per heavy atom. The van der Waals surface area contributed by atoms with Crippen LogP contribution in [0.25, 0.3) is 11.0 Å². The predicted octanol–water partition coefficient (Wildman–Crippen LogP) is 4.54. The summed E-state index contributed by atoms with van der Waals surface area (Å²) in [7, 11) is 3.86. The number of esters is 1. The van der Waals surface area contributed by atoms with Crippen LogP contribution in [0.3, 0.4) is 0 Å². The molecule has 184 valence electrons. The second kappa shape index (κ2) is 10.8. The average molecular weight is 487 g/mol. The molecule has 36 heavy (non-hydrogen) atoms. The zero-order valence-electron chi connectivity index (χ0n) is 20.2. The monoisotopic (exact) mass is 486 g/mol. The molecule has 0 saturated carbocycles. The molecule has 1 N–H and O–H groups in total. The molecule has 0 bridgehead atoms. The number of rotatable bonds is 8. The van der Waals surface area contributed by atoms with Crippen molar-refractivity contribution in [2.75, 3.05) is 30.9 Å². The molecule has 4 aromatic rings. The summed E-state index contributed by atoms with van der Waals surface area (Å²) in [4.78, 5) is 38.0. The van der Waals surface area contributed by atoms with Gasteiger partial charge in [0.2, 0.25) is 0 Å². The van der Waals surface area contributed by atoms with Gasteiger partial charge in [0, 0.05) is 43.0 Å². The number of hydrogen-bond acceptors (Lipinski definition) is 7. The predicted molar refractivity (Wildman–Crippen MR) is 138 cm³/mol. The Morgan fingerprint density at radius 1 is 0.944 bits per heavy atom. The number of benzene rings is 3. The highest BCUT2D eigenvalue weighted by molar-refractivity contribution is 5.95. The molecule has 0 aliphatic carbocycles. The first-order valence-electron chi connectivity index (χ1n) is 11.3. The van der Waals surface area contributed by atoms with Gasteiger partial charge in [0.05, 0.1) is 5.56 Å². The normalized spacial score (nSPS) is 10.6. The Hall–Kier alpha value is -4.59. The summed E-state index contributed by atoms with van der Waals surface area (Å²) in [6.07, 6.45) is 0. The standard InChI is InChI=1S/C28H26N2O6/c1-18-14-27(32)36-25-15-23(12-13-24(18)25)34-16-19-4-6-20(7-5-19)28(33)35-17-26(31)29-21-8-10-22(11-9-21)30(2)3/h4-15H,16-17H2,1-3H3,(H,29,31). The first-order chi connectivity index (χ1) is 17.3. The van der Waals surface area contributed by atoms with Crippen molar-refractivity contribution in [2.45, 2.75) is 13.5 Å². The van der Waals surface area contributed by atoms with Gasteiger partial charge >= 0.3 is 11.6 Å². The van der Waals surface area contributed by atoms with Crippen molar-refractivity contribution in [1.82, 2.24) is 0 Å². The zero-order valence-corrected chi connectivity index (χ0v) is 20.2. The highest BCUT2D eigenvalue weighted by Crippen LogP contribution is 2.23. The highest BCUT2D eigenvalue weighted by atomic mass is 16.5. The number of nitrogens with one attached hydrogen (secondary N) is 1. The lowest BCUT2D eigenvalue weighted by molar-refractivity contribution is -0.119. The largest absolute Gasteiger partial charge is 0.489 e. The van der Waals surface area contributed by atoms with Crippen LogP contribution < -0.4 is 20.6 Å². The van der Waals surface area contributed by atoms with Crippen molar-refractivity contribution in [3.8, 4) is 5.75 Å². The zero-order chi connectivity index (χ0) is 25.7. The van der Waals surface area contributed by atoms with Gasteiger partial charge in [0.25, 0.3) is 5.91 Å². The number of carbonyl (C=O) groups is 2. The third-order valence-corrected chi connectivity index (χ3v) is 5.52. The van der Waals surface area contributed by atoms with Crippen LogP contribution in [-0.4, -0.2) is 32.6 Å². The van der Waals surface area contributed by atoms with Gasteiger partial charge in [-0.1, -0.05) is 12.1 Å². The number of nitrogens with zero attached hydrogens (tertiary/aromatic N) is 1. The van der Waals surface area contributed by atoms with Crippen molar-refractivity contribution in [3.05, 3.63) is 99.9 Å². The molecule has 0 radical (unpaired) electrons. The van der Waals surface area contributed by atoms with Gasteiger partial charge in [-0.25, -0.2) is 9.59 Å². The van der Waals surface area contributed by atoms with E-state index in [9.17, 15) is 14.4 Å². The number of carbonyl (C=O) groups excluding carboxylic acids is 2.